The standard InChI is InChI=1S/C28H40F3NO/c1-3-5-7-8-9-10-21-33-26-18-16-24(17-19-26)27-20-15-23(22-32-27)12-11-14-25(13-6-4-2)28(29,30)31/h15-20,22,25H,3-14,21H2,1-2H3. The third kappa shape index (κ3) is 10.6. The number of halogens is 3. The van der Waals surface area contributed by atoms with Gasteiger partial charge in [-0.1, -0.05) is 64.9 Å². The summed E-state index contributed by atoms with van der Waals surface area (Å²) in [4.78, 5) is 4.52. The lowest BCUT2D eigenvalue weighted by molar-refractivity contribution is -0.178. The van der Waals surface area contributed by atoms with Crippen LogP contribution in [-0.4, -0.2) is 17.8 Å². The molecular formula is C28H40F3NO. The monoisotopic (exact) mass is 463 g/mol. The number of benzene rings is 1. The van der Waals surface area contributed by atoms with E-state index in [1.165, 1.54) is 32.1 Å². The van der Waals surface area contributed by atoms with E-state index in [4.69, 9.17) is 4.74 Å². The van der Waals surface area contributed by atoms with Gasteiger partial charge in [0.15, 0.2) is 0 Å². The summed E-state index contributed by atoms with van der Waals surface area (Å²) < 4.78 is 45.3. The molecule has 0 spiro atoms. The summed E-state index contributed by atoms with van der Waals surface area (Å²) in [5, 5.41) is 0. The van der Waals surface area contributed by atoms with E-state index < -0.39 is 12.1 Å². The van der Waals surface area contributed by atoms with Crippen molar-refractivity contribution in [2.24, 2.45) is 5.92 Å². The second-order valence-corrected chi connectivity index (χ2v) is 8.97. The zero-order valence-electron chi connectivity index (χ0n) is 20.3. The van der Waals surface area contributed by atoms with Crippen molar-refractivity contribution in [3.05, 3.63) is 48.2 Å². The molecule has 1 aromatic carbocycles. The third-order valence-corrected chi connectivity index (χ3v) is 6.13. The van der Waals surface area contributed by atoms with Gasteiger partial charge in [0.2, 0.25) is 0 Å². The third-order valence-electron chi connectivity index (χ3n) is 6.13. The van der Waals surface area contributed by atoms with Crippen LogP contribution in [0.15, 0.2) is 42.6 Å². The van der Waals surface area contributed by atoms with Crippen LogP contribution in [0.25, 0.3) is 11.3 Å². The summed E-state index contributed by atoms with van der Waals surface area (Å²) >= 11 is 0. The first-order chi connectivity index (χ1) is 15.9. The van der Waals surface area contributed by atoms with Crippen molar-refractivity contribution in [1.29, 1.82) is 0 Å². The van der Waals surface area contributed by atoms with Crippen molar-refractivity contribution in [2.75, 3.05) is 6.61 Å². The topological polar surface area (TPSA) is 22.1 Å². The molecule has 2 nitrogen and oxygen atoms in total. The average molecular weight is 464 g/mol. The van der Waals surface area contributed by atoms with E-state index in [9.17, 15) is 13.2 Å². The molecule has 1 atom stereocenters. The highest BCUT2D eigenvalue weighted by Crippen LogP contribution is 2.34. The molecule has 0 saturated carbocycles. The van der Waals surface area contributed by atoms with Gasteiger partial charge in [-0.2, -0.15) is 13.2 Å². The number of aryl methyl sites for hydroxylation is 1. The van der Waals surface area contributed by atoms with Gasteiger partial charge in [-0.25, -0.2) is 0 Å². The lowest BCUT2D eigenvalue weighted by Gasteiger charge is -2.19. The Balaban J connectivity index is 1.76. The quantitative estimate of drug-likeness (QED) is 0.231. The minimum atomic E-state index is -4.10. The molecule has 1 heterocycles. The number of nitrogens with zero attached hydrogens (tertiary/aromatic N) is 1. The van der Waals surface area contributed by atoms with Gasteiger partial charge in [0.05, 0.1) is 18.2 Å². The van der Waals surface area contributed by atoms with Gasteiger partial charge in [-0.15, -0.1) is 0 Å². The highest BCUT2D eigenvalue weighted by Gasteiger charge is 2.38. The SMILES string of the molecule is CCCCCCCCOc1ccc(-c2ccc(CCCC(CCCC)C(F)(F)F)cn2)cc1. The van der Waals surface area contributed by atoms with Gasteiger partial charge >= 0.3 is 6.18 Å². The fourth-order valence-corrected chi connectivity index (χ4v) is 4.01. The molecule has 0 aliphatic heterocycles. The van der Waals surface area contributed by atoms with Crippen LogP contribution in [0.1, 0.15) is 90.0 Å². The van der Waals surface area contributed by atoms with E-state index in [0.717, 1.165) is 42.0 Å². The molecule has 33 heavy (non-hydrogen) atoms. The van der Waals surface area contributed by atoms with Gasteiger partial charge in [-0.3, -0.25) is 4.98 Å². The number of unbranched alkanes of at least 4 members (excludes halogenated alkanes) is 6. The molecule has 0 amide bonds. The van der Waals surface area contributed by atoms with E-state index >= 15 is 0 Å². The molecule has 0 bridgehead atoms. The largest absolute Gasteiger partial charge is 0.494 e. The van der Waals surface area contributed by atoms with Crippen molar-refractivity contribution in [1.82, 2.24) is 4.98 Å². The van der Waals surface area contributed by atoms with Crippen molar-refractivity contribution >= 4 is 0 Å². The lowest BCUT2D eigenvalue weighted by Crippen LogP contribution is -2.23. The van der Waals surface area contributed by atoms with Gasteiger partial charge in [0.1, 0.15) is 5.75 Å². The van der Waals surface area contributed by atoms with Crippen molar-refractivity contribution in [3.63, 3.8) is 0 Å². The highest BCUT2D eigenvalue weighted by molar-refractivity contribution is 5.60. The molecule has 2 rings (SSSR count). The maximum atomic E-state index is 13.2. The summed E-state index contributed by atoms with van der Waals surface area (Å²) in [6.07, 6.45) is 8.14. The first kappa shape index (κ1) is 27.2. The fraction of sp³-hybridized carbons (Fsp3) is 0.607. The minimum absolute atomic E-state index is 0.186. The molecule has 0 aliphatic rings. The van der Waals surface area contributed by atoms with E-state index in [1.54, 1.807) is 6.20 Å². The second-order valence-electron chi connectivity index (χ2n) is 8.97. The van der Waals surface area contributed by atoms with Crippen molar-refractivity contribution in [3.8, 4) is 17.0 Å². The molecule has 2 aromatic rings. The predicted molar refractivity (Wildman–Crippen MR) is 131 cm³/mol. The van der Waals surface area contributed by atoms with Crippen LogP contribution in [0.5, 0.6) is 5.75 Å². The van der Waals surface area contributed by atoms with E-state index in [0.29, 0.717) is 19.3 Å². The minimum Gasteiger partial charge on any atom is -0.494 e. The maximum Gasteiger partial charge on any atom is 0.391 e. The van der Waals surface area contributed by atoms with Gasteiger partial charge in [-0.05, 0) is 68.0 Å². The Hall–Kier alpha value is -2.04. The molecule has 0 N–H and O–H groups in total. The zero-order valence-corrected chi connectivity index (χ0v) is 20.3. The van der Waals surface area contributed by atoms with Gasteiger partial charge in [0, 0.05) is 11.8 Å². The maximum absolute atomic E-state index is 13.2. The molecule has 1 aromatic heterocycles. The Morgan fingerprint density at radius 1 is 0.788 bits per heavy atom. The summed E-state index contributed by atoms with van der Waals surface area (Å²) in [6, 6.07) is 11.9. The summed E-state index contributed by atoms with van der Waals surface area (Å²) in [5.41, 5.74) is 2.84. The van der Waals surface area contributed by atoms with E-state index in [1.807, 2.05) is 43.3 Å². The van der Waals surface area contributed by atoms with Crippen LogP contribution < -0.4 is 4.74 Å². The number of alkyl halides is 3. The summed E-state index contributed by atoms with van der Waals surface area (Å²) in [5.74, 6) is -0.322. The Labute approximate surface area is 198 Å². The fourth-order valence-electron chi connectivity index (χ4n) is 4.01. The first-order valence-electron chi connectivity index (χ1n) is 12.7. The second kappa shape index (κ2) is 15.0. The molecule has 0 fully saturated rings. The average Bonchev–Trinajstić information content (AvgIpc) is 2.81. The number of hydrogen-bond donors (Lipinski definition) is 0. The van der Waals surface area contributed by atoms with E-state index in [2.05, 4.69) is 11.9 Å². The number of aromatic nitrogens is 1. The molecule has 0 aliphatic carbocycles. The first-order valence-corrected chi connectivity index (χ1v) is 12.7. The molecule has 1 unspecified atom stereocenters. The predicted octanol–water partition coefficient (Wildman–Crippen LogP) is 9.18. The molecule has 0 radical (unpaired) electrons. The van der Waals surface area contributed by atoms with E-state index in [-0.39, 0.29) is 12.8 Å². The van der Waals surface area contributed by atoms with Crippen LogP contribution in [-0.2, 0) is 6.42 Å². The molecule has 184 valence electrons. The number of rotatable bonds is 16. The molecule has 5 heteroatoms. The smallest absolute Gasteiger partial charge is 0.391 e. The van der Waals surface area contributed by atoms with Crippen LogP contribution in [0.3, 0.4) is 0 Å². The summed E-state index contributed by atoms with van der Waals surface area (Å²) in [6.45, 7) is 4.90. The van der Waals surface area contributed by atoms with Crippen molar-refractivity contribution < 1.29 is 17.9 Å². The number of hydrogen-bond acceptors (Lipinski definition) is 2. The zero-order chi connectivity index (χ0) is 23.9. The Morgan fingerprint density at radius 2 is 1.45 bits per heavy atom. The van der Waals surface area contributed by atoms with Crippen LogP contribution >= 0.6 is 0 Å². The summed E-state index contributed by atoms with van der Waals surface area (Å²) in [7, 11) is 0. The van der Waals surface area contributed by atoms with Gasteiger partial charge < -0.3 is 4.74 Å². The van der Waals surface area contributed by atoms with Crippen LogP contribution in [0, 0.1) is 5.92 Å². The molecular weight excluding hydrogens is 423 g/mol. The molecule has 0 saturated heterocycles. The Bertz CT molecular complexity index is 756. The van der Waals surface area contributed by atoms with Gasteiger partial charge in [0.25, 0.3) is 0 Å². The Kier molecular flexibility index (Phi) is 12.3. The number of ether oxygens (including phenoxy) is 1. The Morgan fingerprint density at radius 3 is 2.09 bits per heavy atom. The van der Waals surface area contributed by atoms with Crippen LogP contribution in [0.2, 0.25) is 0 Å². The lowest BCUT2D eigenvalue weighted by atomic mass is 9.94. The number of pyridine rings is 1. The highest BCUT2D eigenvalue weighted by atomic mass is 19.4. The van der Waals surface area contributed by atoms with Crippen molar-refractivity contribution in [2.45, 2.75) is 97.1 Å². The van der Waals surface area contributed by atoms with Crippen LogP contribution in [0.4, 0.5) is 13.2 Å². The normalized spacial score (nSPS) is 12.6.